The zero-order chi connectivity index (χ0) is 7.98. The van der Waals surface area contributed by atoms with Gasteiger partial charge >= 0.3 is 0 Å². The third kappa shape index (κ3) is 5.90. The van der Waals surface area contributed by atoms with Gasteiger partial charge in [0.2, 0.25) is 0 Å². The van der Waals surface area contributed by atoms with E-state index in [1.165, 1.54) is 11.1 Å². The molecule has 0 radical (unpaired) electrons. The second-order valence-corrected chi connectivity index (χ2v) is 2.95. The number of hydrogen-bond donors (Lipinski definition) is 0. The Morgan fingerprint density at radius 2 is 2.10 bits per heavy atom. The fourth-order valence-electron chi connectivity index (χ4n) is 0.620. The summed E-state index contributed by atoms with van der Waals surface area (Å²) in [6, 6.07) is 0. The fraction of sp³-hybridized carbons (Fsp3) is 0.556. The van der Waals surface area contributed by atoms with Gasteiger partial charge in [-0.3, -0.25) is 0 Å². The van der Waals surface area contributed by atoms with E-state index < -0.39 is 0 Å². The minimum Gasteiger partial charge on any atom is -0.122 e. The molecule has 0 saturated carbocycles. The van der Waals surface area contributed by atoms with Crippen molar-refractivity contribution < 1.29 is 0 Å². The van der Waals surface area contributed by atoms with Crippen molar-refractivity contribution in [2.24, 2.45) is 0 Å². The maximum absolute atomic E-state index is 5.58. The van der Waals surface area contributed by atoms with Crippen molar-refractivity contribution in [3.05, 3.63) is 23.8 Å². The molecule has 0 aliphatic carbocycles. The molecule has 0 atom stereocenters. The van der Waals surface area contributed by atoms with Gasteiger partial charge in [0.1, 0.15) is 0 Å². The van der Waals surface area contributed by atoms with Crippen LogP contribution in [-0.2, 0) is 0 Å². The first-order valence-corrected chi connectivity index (χ1v) is 4.06. The number of allylic oxidation sites excluding steroid dienone is 3. The number of halogens is 1. The molecule has 1 heteroatoms. The summed E-state index contributed by atoms with van der Waals surface area (Å²) in [5, 5.41) is 0. The Morgan fingerprint density at radius 3 is 2.50 bits per heavy atom. The van der Waals surface area contributed by atoms with Crippen LogP contribution in [0, 0.1) is 0 Å². The van der Waals surface area contributed by atoms with E-state index in [9.17, 15) is 0 Å². The van der Waals surface area contributed by atoms with E-state index in [4.69, 9.17) is 11.6 Å². The predicted octanol–water partition coefficient (Wildman–Crippen LogP) is 3.53. The Balaban J connectivity index is 3.43. The second kappa shape index (κ2) is 5.55. The molecule has 0 amide bonds. The van der Waals surface area contributed by atoms with E-state index in [0.717, 1.165) is 12.8 Å². The van der Waals surface area contributed by atoms with E-state index in [1.807, 2.05) is 13.8 Å². The topological polar surface area (TPSA) is 0 Å². The number of hydrogen-bond acceptors (Lipinski definition) is 0. The Bertz CT molecular complexity index is 134. The molecular weight excluding hydrogens is 144 g/mol. The van der Waals surface area contributed by atoms with Gasteiger partial charge in [-0.1, -0.05) is 17.2 Å². The molecule has 0 rings (SSSR count). The van der Waals surface area contributed by atoms with Gasteiger partial charge in [-0.2, -0.15) is 0 Å². The van der Waals surface area contributed by atoms with Crippen LogP contribution in [0.3, 0.4) is 0 Å². The van der Waals surface area contributed by atoms with Crippen LogP contribution in [0.1, 0.15) is 26.7 Å². The molecule has 58 valence electrons. The van der Waals surface area contributed by atoms with Gasteiger partial charge in [0.05, 0.1) is 0 Å². The van der Waals surface area contributed by atoms with Crippen molar-refractivity contribution >= 4 is 11.6 Å². The lowest BCUT2D eigenvalue weighted by molar-refractivity contribution is 0.973. The average molecular weight is 159 g/mol. The van der Waals surface area contributed by atoms with Crippen LogP contribution in [0.5, 0.6) is 0 Å². The second-order valence-electron chi connectivity index (χ2n) is 2.68. The van der Waals surface area contributed by atoms with Gasteiger partial charge in [-0.25, -0.2) is 0 Å². The minimum atomic E-state index is 0.649. The Kier molecular flexibility index (Phi) is 5.42. The van der Waals surface area contributed by atoms with Crippen LogP contribution in [0.25, 0.3) is 0 Å². The van der Waals surface area contributed by atoms with Gasteiger partial charge in [-0.15, -0.1) is 18.2 Å². The summed E-state index contributed by atoms with van der Waals surface area (Å²) in [6.07, 6.45) is 4.32. The molecule has 0 fully saturated rings. The zero-order valence-electron chi connectivity index (χ0n) is 6.78. The molecular formula is C9H15Cl. The van der Waals surface area contributed by atoms with Crippen LogP contribution in [0.2, 0.25) is 0 Å². The van der Waals surface area contributed by atoms with Crippen LogP contribution >= 0.6 is 11.6 Å². The SMILES string of the molecule is C=C(C)CC/C=C(/C)CCl. The van der Waals surface area contributed by atoms with E-state index in [1.54, 1.807) is 0 Å². The highest BCUT2D eigenvalue weighted by molar-refractivity contribution is 6.19. The molecule has 0 aromatic rings. The molecule has 0 bridgehead atoms. The Morgan fingerprint density at radius 1 is 1.50 bits per heavy atom. The van der Waals surface area contributed by atoms with Crippen molar-refractivity contribution in [2.75, 3.05) is 5.88 Å². The summed E-state index contributed by atoms with van der Waals surface area (Å²) in [5.74, 6) is 0.649. The summed E-state index contributed by atoms with van der Waals surface area (Å²) >= 11 is 5.58. The van der Waals surface area contributed by atoms with E-state index in [-0.39, 0.29) is 0 Å². The Hall–Kier alpha value is -0.230. The molecule has 0 spiro atoms. The lowest BCUT2D eigenvalue weighted by Crippen LogP contribution is -1.78. The maximum atomic E-state index is 5.58. The van der Waals surface area contributed by atoms with Crippen molar-refractivity contribution in [1.29, 1.82) is 0 Å². The molecule has 0 aliphatic heterocycles. The van der Waals surface area contributed by atoms with E-state index in [2.05, 4.69) is 12.7 Å². The van der Waals surface area contributed by atoms with Crippen molar-refractivity contribution in [3.63, 3.8) is 0 Å². The third-order valence-electron chi connectivity index (χ3n) is 1.27. The molecule has 0 heterocycles. The van der Waals surface area contributed by atoms with Crippen molar-refractivity contribution in [2.45, 2.75) is 26.7 Å². The number of alkyl halides is 1. The van der Waals surface area contributed by atoms with Gasteiger partial charge in [-0.05, 0) is 26.7 Å². The standard InChI is InChI=1S/C9H15Cl/c1-8(2)5-4-6-9(3)7-10/h6H,1,4-5,7H2,2-3H3/b9-6-. The van der Waals surface area contributed by atoms with Crippen LogP contribution in [-0.4, -0.2) is 5.88 Å². The van der Waals surface area contributed by atoms with Gasteiger partial charge in [0.25, 0.3) is 0 Å². The lowest BCUT2D eigenvalue weighted by Gasteiger charge is -1.95. The highest BCUT2D eigenvalue weighted by Crippen LogP contribution is 2.04. The molecule has 0 aliphatic rings. The maximum Gasteiger partial charge on any atom is 0.0430 e. The molecule has 10 heavy (non-hydrogen) atoms. The average Bonchev–Trinajstić information content (AvgIpc) is 1.87. The van der Waals surface area contributed by atoms with Gasteiger partial charge in [0.15, 0.2) is 0 Å². The van der Waals surface area contributed by atoms with Crippen LogP contribution in [0.4, 0.5) is 0 Å². The molecule has 0 saturated heterocycles. The highest BCUT2D eigenvalue weighted by Gasteiger charge is 1.86. The van der Waals surface area contributed by atoms with Crippen LogP contribution < -0.4 is 0 Å². The highest BCUT2D eigenvalue weighted by atomic mass is 35.5. The third-order valence-corrected chi connectivity index (χ3v) is 1.70. The molecule has 0 nitrogen and oxygen atoms in total. The summed E-state index contributed by atoms with van der Waals surface area (Å²) in [5.41, 5.74) is 2.49. The smallest absolute Gasteiger partial charge is 0.0430 e. The monoisotopic (exact) mass is 158 g/mol. The molecule has 0 N–H and O–H groups in total. The molecule has 0 aromatic heterocycles. The van der Waals surface area contributed by atoms with Crippen molar-refractivity contribution in [3.8, 4) is 0 Å². The molecule has 0 aromatic carbocycles. The first kappa shape index (κ1) is 9.77. The normalized spacial score (nSPS) is 11.7. The summed E-state index contributed by atoms with van der Waals surface area (Å²) in [6.45, 7) is 7.91. The Labute approximate surface area is 68.6 Å². The largest absolute Gasteiger partial charge is 0.122 e. The lowest BCUT2D eigenvalue weighted by atomic mass is 10.1. The molecule has 0 unspecified atom stereocenters. The zero-order valence-corrected chi connectivity index (χ0v) is 7.54. The summed E-state index contributed by atoms with van der Waals surface area (Å²) < 4.78 is 0. The quantitative estimate of drug-likeness (QED) is 0.434. The van der Waals surface area contributed by atoms with E-state index in [0.29, 0.717) is 5.88 Å². The summed E-state index contributed by atoms with van der Waals surface area (Å²) in [7, 11) is 0. The first-order valence-electron chi connectivity index (χ1n) is 3.52. The predicted molar refractivity (Wildman–Crippen MR) is 48.5 cm³/mol. The first-order chi connectivity index (χ1) is 4.66. The van der Waals surface area contributed by atoms with E-state index >= 15 is 0 Å². The van der Waals surface area contributed by atoms with Gasteiger partial charge in [0, 0.05) is 5.88 Å². The fourth-order valence-corrected chi connectivity index (χ4v) is 0.729. The van der Waals surface area contributed by atoms with Crippen LogP contribution in [0.15, 0.2) is 23.8 Å². The van der Waals surface area contributed by atoms with Crippen molar-refractivity contribution in [1.82, 2.24) is 0 Å². The van der Waals surface area contributed by atoms with Gasteiger partial charge < -0.3 is 0 Å². The summed E-state index contributed by atoms with van der Waals surface area (Å²) in [4.78, 5) is 0. The minimum absolute atomic E-state index is 0.649. The number of rotatable bonds is 4.